The van der Waals surface area contributed by atoms with Crippen LogP contribution >= 0.6 is 0 Å². The summed E-state index contributed by atoms with van der Waals surface area (Å²) in [6, 6.07) is 2.27. The van der Waals surface area contributed by atoms with Crippen molar-refractivity contribution in [1.82, 2.24) is 0 Å². The first-order valence-corrected chi connectivity index (χ1v) is 6.41. The first-order chi connectivity index (χ1) is 9.65. The lowest BCUT2D eigenvalue weighted by Gasteiger charge is -2.14. The number of alkyl halides is 3. The van der Waals surface area contributed by atoms with Crippen LogP contribution in [0.4, 0.5) is 18.9 Å². The van der Waals surface area contributed by atoms with Crippen LogP contribution in [0, 0.1) is 5.92 Å². The molecular formula is C14H16F3NO3. The number of carboxylic acid groups (broad SMARTS) is 1. The van der Waals surface area contributed by atoms with Crippen molar-refractivity contribution in [3.63, 3.8) is 0 Å². The van der Waals surface area contributed by atoms with Crippen molar-refractivity contribution in [2.75, 3.05) is 5.32 Å². The Labute approximate surface area is 120 Å². The Morgan fingerprint density at radius 2 is 1.90 bits per heavy atom. The molecule has 0 aliphatic rings. The molecule has 1 unspecified atom stereocenters. The summed E-state index contributed by atoms with van der Waals surface area (Å²) in [4.78, 5) is 22.7. The Kier molecular flexibility index (Phi) is 5.34. The number of carbonyl (C=O) groups excluding carboxylic acids is 1. The highest BCUT2D eigenvalue weighted by Crippen LogP contribution is 2.32. The third-order valence-corrected chi connectivity index (χ3v) is 2.94. The van der Waals surface area contributed by atoms with Crippen molar-refractivity contribution >= 4 is 17.6 Å². The minimum Gasteiger partial charge on any atom is -0.478 e. The van der Waals surface area contributed by atoms with E-state index >= 15 is 0 Å². The summed E-state index contributed by atoms with van der Waals surface area (Å²) in [7, 11) is 0. The first kappa shape index (κ1) is 17.0. The van der Waals surface area contributed by atoms with Gasteiger partial charge in [0.15, 0.2) is 0 Å². The molecule has 0 bridgehead atoms. The van der Waals surface area contributed by atoms with Crippen LogP contribution in [0.2, 0.25) is 0 Å². The largest absolute Gasteiger partial charge is 0.478 e. The highest BCUT2D eigenvalue weighted by Gasteiger charge is 2.32. The van der Waals surface area contributed by atoms with E-state index in [0.717, 1.165) is 18.6 Å². The molecule has 0 fully saturated rings. The van der Waals surface area contributed by atoms with Gasteiger partial charge in [-0.25, -0.2) is 4.79 Å². The van der Waals surface area contributed by atoms with Crippen LogP contribution < -0.4 is 5.32 Å². The zero-order valence-electron chi connectivity index (χ0n) is 11.6. The summed E-state index contributed by atoms with van der Waals surface area (Å²) in [5.74, 6) is -2.29. The van der Waals surface area contributed by atoms with E-state index in [4.69, 9.17) is 5.11 Å². The van der Waals surface area contributed by atoms with Crippen molar-refractivity contribution in [1.29, 1.82) is 0 Å². The molecule has 0 aliphatic carbocycles. The number of anilines is 1. The second-order valence-electron chi connectivity index (χ2n) is 4.78. The fourth-order valence-electron chi connectivity index (χ4n) is 1.82. The van der Waals surface area contributed by atoms with Gasteiger partial charge in [0, 0.05) is 11.6 Å². The minimum absolute atomic E-state index is 0.171. The third kappa shape index (κ3) is 4.77. The molecule has 21 heavy (non-hydrogen) atoms. The molecule has 0 heterocycles. The van der Waals surface area contributed by atoms with Gasteiger partial charge in [-0.15, -0.1) is 0 Å². The molecule has 1 aromatic carbocycles. The number of aromatic carboxylic acids is 1. The normalized spacial score (nSPS) is 12.8. The van der Waals surface area contributed by atoms with Crippen LogP contribution in [-0.2, 0) is 11.0 Å². The number of halogens is 3. The average molecular weight is 303 g/mol. The predicted octanol–water partition coefficient (Wildman–Crippen LogP) is 3.78. The Morgan fingerprint density at radius 1 is 1.29 bits per heavy atom. The summed E-state index contributed by atoms with van der Waals surface area (Å²) in [5, 5.41) is 11.2. The van der Waals surface area contributed by atoms with Gasteiger partial charge in [0.05, 0.1) is 11.1 Å². The molecule has 1 aromatic rings. The lowest BCUT2D eigenvalue weighted by atomic mass is 10.0. The fourth-order valence-corrected chi connectivity index (χ4v) is 1.82. The molecule has 0 spiro atoms. The highest BCUT2D eigenvalue weighted by molar-refractivity contribution is 5.95. The molecule has 0 aliphatic heterocycles. The fraction of sp³-hybridized carbons (Fsp3) is 0.429. The van der Waals surface area contributed by atoms with E-state index in [1.807, 2.05) is 6.92 Å². The predicted molar refractivity (Wildman–Crippen MR) is 71.1 cm³/mol. The molecule has 7 heteroatoms. The van der Waals surface area contributed by atoms with Crippen LogP contribution in [0.5, 0.6) is 0 Å². The van der Waals surface area contributed by atoms with E-state index in [1.165, 1.54) is 0 Å². The SMILES string of the molecule is CCCC(C)C(=O)Nc1cc(C(=O)O)cc(C(F)(F)F)c1. The van der Waals surface area contributed by atoms with Crippen LogP contribution in [0.1, 0.15) is 42.6 Å². The van der Waals surface area contributed by atoms with E-state index in [0.29, 0.717) is 12.5 Å². The third-order valence-electron chi connectivity index (χ3n) is 2.94. The molecule has 116 valence electrons. The molecule has 0 saturated heterocycles. The molecule has 0 radical (unpaired) electrons. The lowest BCUT2D eigenvalue weighted by molar-refractivity contribution is -0.137. The molecular weight excluding hydrogens is 287 g/mol. The van der Waals surface area contributed by atoms with Crippen molar-refractivity contribution < 1.29 is 27.9 Å². The lowest BCUT2D eigenvalue weighted by Crippen LogP contribution is -2.21. The van der Waals surface area contributed by atoms with Gasteiger partial charge >= 0.3 is 12.1 Å². The topological polar surface area (TPSA) is 66.4 Å². The van der Waals surface area contributed by atoms with Gasteiger partial charge in [-0.05, 0) is 24.6 Å². The Hall–Kier alpha value is -2.05. The van der Waals surface area contributed by atoms with Gasteiger partial charge in [0.25, 0.3) is 0 Å². The Balaban J connectivity index is 3.09. The van der Waals surface area contributed by atoms with Crippen LogP contribution in [-0.4, -0.2) is 17.0 Å². The van der Waals surface area contributed by atoms with E-state index in [-0.39, 0.29) is 11.6 Å². The highest BCUT2D eigenvalue weighted by atomic mass is 19.4. The van der Waals surface area contributed by atoms with Crippen LogP contribution in [0.15, 0.2) is 18.2 Å². The first-order valence-electron chi connectivity index (χ1n) is 6.41. The maximum absolute atomic E-state index is 12.7. The number of rotatable bonds is 5. The maximum atomic E-state index is 12.7. The van der Waals surface area contributed by atoms with Crippen molar-refractivity contribution in [3.8, 4) is 0 Å². The van der Waals surface area contributed by atoms with Gasteiger partial charge in [0.2, 0.25) is 5.91 Å². The summed E-state index contributed by atoms with van der Waals surface area (Å²) in [6.45, 7) is 3.54. The number of hydrogen-bond acceptors (Lipinski definition) is 2. The van der Waals surface area contributed by atoms with E-state index in [9.17, 15) is 22.8 Å². The number of amides is 1. The van der Waals surface area contributed by atoms with Gasteiger partial charge in [-0.2, -0.15) is 13.2 Å². The van der Waals surface area contributed by atoms with E-state index in [1.54, 1.807) is 6.92 Å². The molecule has 1 amide bonds. The van der Waals surface area contributed by atoms with Crippen LogP contribution in [0.25, 0.3) is 0 Å². The second-order valence-corrected chi connectivity index (χ2v) is 4.78. The molecule has 1 rings (SSSR count). The molecule has 0 saturated carbocycles. The van der Waals surface area contributed by atoms with Gasteiger partial charge < -0.3 is 10.4 Å². The molecule has 0 aromatic heterocycles. The van der Waals surface area contributed by atoms with E-state index in [2.05, 4.69) is 5.32 Å². The van der Waals surface area contributed by atoms with Crippen molar-refractivity contribution in [2.24, 2.45) is 5.92 Å². The summed E-state index contributed by atoms with van der Waals surface area (Å²) in [6.07, 6.45) is -3.33. The monoisotopic (exact) mass is 303 g/mol. The van der Waals surface area contributed by atoms with Crippen LogP contribution in [0.3, 0.4) is 0 Å². The van der Waals surface area contributed by atoms with Crippen molar-refractivity contribution in [3.05, 3.63) is 29.3 Å². The number of carbonyl (C=O) groups is 2. The molecule has 2 N–H and O–H groups in total. The minimum atomic E-state index is -4.68. The standard InChI is InChI=1S/C14H16F3NO3/c1-3-4-8(2)12(19)18-11-6-9(13(20)21)5-10(7-11)14(15,16)17/h5-8H,3-4H2,1-2H3,(H,18,19)(H,20,21). The number of carboxylic acids is 1. The van der Waals surface area contributed by atoms with Gasteiger partial charge in [-0.1, -0.05) is 20.3 Å². The number of nitrogens with one attached hydrogen (secondary N) is 1. The quantitative estimate of drug-likeness (QED) is 0.870. The Bertz CT molecular complexity index is 541. The number of benzene rings is 1. The zero-order valence-corrected chi connectivity index (χ0v) is 11.6. The van der Waals surface area contributed by atoms with Crippen molar-refractivity contribution in [2.45, 2.75) is 32.9 Å². The zero-order chi connectivity index (χ0) is 16.2. The average Bonchev–Trinajstić information content (AvgIpc) is 2.37. The molecule has 1 atom stereocenters. The number of hydrogen-bond donors (Lipinski definition) is 2. The van der Waals surface area contributed by atoms with E-state index < -0.39 is 29.2 Å². The second kappa shape index (κ2) is 6.60. The van der Waals surface area contributed by atoms with Gasteiger partial charge in [-0.3, -0.25) is 4.79 Å². The summed E-state index contributed by atoms with van der Waals surface area (Å²) < 4.78 is 38.2. The smallest absolute Gasteiger partial charge is 0.416 e. The Morgan fingerprint density at radius 3 is 2.38 bits per heavy atom. The van der Waals surface area contributed by atoms with Gasteiger partial charge in [0.1, 0.15) is 0 Å². The maximum Gasteiger partial charge on any atom is 0.416 e. The summed E-state index contributed by atoms with van der Waals surface area (Å²) >= 11 is 0. The summed E-state index contributed by atoms with van der Waals surface area (Å²) in [5.41, 5.74) is -1.81. The molecule has 4 nitrogen and oxygen atoms in total.